The second-order valence-electron chi connectivity index (χ2n) is 6.76. The number of benzene rings is 1. The number of carbonyl (C=O) groups excluding carboxylic acids is 1. The molecule has 0 saturated carbocycles. The van der Waals surface area contributed by atoms with Crippen molar-refractivity contribution in [2.45, 2.75) is 51.5 Å². The van der Waals surface area contributed by atoms with Crippen molar-refractivity contribution in [3.63, 3.8) is 0 Å². The predicted octanol–water partition coefficient (Wildman–Crippen LogP) is 2.71. The summed E-state index contributed by atoms with van der Waals surface area (Å²) in [5.41, 5.74) is 0.284. The van der Waals surface area contributed by atoms with Gasteiger partial charge in [0.05, 0.1) is 31.9 Å². The molecule has 0 radical (unpaired) electrons. The van der Waals surface area contributed by atoms with Gasteiger partial charge in [0.15, 0.2) is 0 Å². The van der Waals surface area contributed by atoms with Gasteiger partial charge in [-0.2, -0.15) is 0 Å². The molecule has 0 spiro atoms. The zero-order valence-corrected chi connectivity index (χ0v) is 13.8. The molecule has 2 unspecified atom stereocenters. The minimum atomic E-state index is -0.579. The Kier molecular flexibility index (Phi) is 5.59. The van der Waals surface area contributed by atoms with E-state index in [-0.39, 0.29) is 24.6 Å². The highest BCUT2D eigenvalue weighted by Gasteiger charge is 2.37. The van der Waals surface area contributed by atoms with Crippen LogP contribution in [0.5, 0.6) is 0 Å². The van der Waals surface area contributed by atoms with Gasteiger partial charge in [-0.05, 0) is 44.9 Å². The van der Waals surface area contributed by atoms with Crippen LogP contribution in [0.1, 0.15) is 32.8 Å². The molecule has 2 atom stereocenters. The molecule has 1 aromatic rings. The van der Waals surface area contributed by atoms with Gasteiger partial charge < -0.3 is 19.5 Å². The first kappa shape index (κ1) is 17.7. The molecule has 1 aliphatic heterocycles. The van der Waals surface area contributed by atoms with Crippen molar-refractivity contribution in [3.8, 4) is 0 Å². The number of halogens is 1. The van der Waals surface area contributed by atoms with Crippen LogP contribution in [-0.4, -0.2) is 47.0 Å². The van der Waals surface area contributed by atoms with Gasteiger partial charge in [-0.15, -0.1) is 0 Å². The van der Waals surface area contributed by atoms with Crippen LogP contribution in [0.4, 0.5) is 9.18 Å². The van der Waals surface area contributed by atoms with Gasteiger partial charge in [0.25, 0.3) is 0 Å². The third kappa shape index (κ3) is 5.18. The summed E-state index contributed by atoms with van der Waals surface area (Å²) in [6.45, 7) is 5.99. The van der Waals surface area contributed by atoms with Crippen LogP contribution >= 0.6 is 0 Å². The Bertz CT molecular complexity index is 526. The molecule has 1 fully saturated rings. The van der Waals surface area contributed by atoms with E-state index in [9.17, 15) is 14.3 Å². The SMILES string of the molecule is CC(C)(C)OC(=O)N1CC(OCc2ccc(F)cc2)CC1CO. The molecule has 6 heteroatoms. The maximum atomic E-state index is 12.9. The van der Waals surface area contributed by atoms with Gasteiger partial charge in [-0.3, -0.25) is 0 Å². The highest BCUT2D eigenvalue weighted by atomic mass is 19.1. The lowest BCUT2D eigenvalue weighted by atomic mass is 10.2. The van der Waals surface area contributed by atoms with Crippen molar-refractivity contribution in [1.82, 2.24) is 4.90 Å². The fourth-order valence-corrected chi connectivity index (χ4v) is 2.51. The molecule has 1 aromatic carbocycles. The molecule has 1 N–H and O–H groups in total. The van der Waals surface area contributed by atoms with Crippen molar-refractivity contribution >= 4 is 6.09 Å². The molecular weight excluding hydrogens is 301 g/mol. The summed E-state index contributed by atoms with van der Waals surface area (Å²) in [4.78, 5) is 13.7. The average Bonchev–Trinajstić information content (AvgIpc) is 2.88. The number of hydrogen-bond acceptors (Lipinski definition) is 4. The Morgan fingerprint density at radius 3 is 2.57 bits per heavy atom. The number of rotatable bonds is 4. The number of aliphatic hydroxyl groups is 1. The van der Waals surface area contributed by atoms with E-state index in [0.717, 1.165) is 5.56 Å². The average molecular weight is 325 g/mol. The van der Waals surface area contributed by atoms with E-state index in [1.54, 1.807) is 32.9 Å². The van der Waals surface area contributed by atoms with E-state index in [1.807, 2.05) is 0 Å². The van der Waals surface area contributed by atoms with Crippen LogP contribution in [0, 0.1) is 5.82 Å². The van der Waals surface area contributed by atoms with E-state index >= 15 is 0 Å². The number of hydrogen-bond donors (Lipinski definition) is 1. The van der Waals surface area contributed by atoms with Gasteiger partial charge in [-0.1, -0.05) is 12.1 Å². The summed E-state index contributed by atoms with van der Waals surface area (Å²) in [7, 11) is 0. The fraction of sp³-hybridized carbons (Fsp3) is 0.588. The van der Waals surface area contributed by atoms with Crippen molar-refractivity contribution in [3.05, 3.63) is 35.6 Å². The summed E-state index contributed by atoms with van der Waals surface area (Å²) in [5.74, 6) is -0.286. The van der Waals surface area contributed by atoms with E-state index in [1.165, 1.54) is 17.0 Å². The maximum absolute atomic E-state index is 12.9. The Morgan fingerprint density at radius 1 is 1.35 bits per heavy atom. The van der Waals surface area contributed by atoms with Crippen LogP contribution < -0.4 is 0 Å². The largest absolute Gasteiger partial charge is 0.444 e. The number of amides is 1. The number of carbonyl (C=O) groups is 1. The molecule has 1 aliphatic rings. The van der Waals surface area contributed by atoms with E-state index in [4.69, 9.17) is 9.47 Å². The standard InChI is InChI=1S/C17H24FNO4/c1-17(2,3)23-16(21)19-9-15(8-14(19)10-20)22-11-12-4-6-13(18)7-5-12/h4-7,14-15,20H,8-11H2,1-3H3. The lowest BCUT2D eigenvalue weighted by Gasteiger charge is -2.27. The minimum Gasteiger partial charge on any atom is -0.444 e. The highest BCUT2D eigenvalue weighted by Crippen LogP contribution is 2.23. The predicted molar refractivity (Wildman–Crippen MR) is 83.4 cm³/mol. The summed E-state index contributed by atoms with van der Waals surface area (Å²) in [6, 6.07) is 5.80. The van der Waals surface area contributed by atoms with Crippen LogP contribution in [0.25, 0.3) is 0 Å². The molecule has 128 valence electrons. The van der Waals surface area contributed by atoms with Gasteiger partial charge in [0, 0.05) is 0 Å². The Labute approximate surface area is 136 Å². The second kappa shape index (κ2) is 7.27. The van der Waals surface area contributed by atoms with Crippen LogP contribution in [0.2, 0.25) is 0 Å². The Morgan fingerprint density at radius 2 is 2.00 bits per heavy atom. The first-order valence-corrected chi connectivity index (χ1v) is 7.75. The first-order chi connectivity index (χ1) is 10.8. The number of nitrogens with zero attached hydrogens (tertiary/aromatic N) is 1. The van der Waals surface area contributed by atoms with Gasteiger partial charge in [-0.25, -0.2) is 9.18 Å². The van der Waals surface area contributed by atoms with Crippen molar-refractivity contribution in [1.29, 1.82) is 0 Å². The molecule has 0 aromatic heterocycles. The molecule has 0 bridgehead atoms. The van der Waals surface area contributed by atoms with Crippen LogP contribution in [-0.2, 0) is 16.1 Å². The van der Waals surface area contributed by atoms with Gasteiger partial charge >= 0.3 is 6.09 Å². The Hall–Kier alpha value is -1.66. The zero-order chi connectivity index (χ0) is 17.0. The number of ether oxygens (including phenoxy) is 2. The normalized spacial score (nSPS) is 21.5. The minimum absolute atomic E-state index is 0.129. The maximum Gasteiger partial charge on any atom is 0.410 e. The molecule has 1 amide bonds. The molecule has 23 heavy (non-hydrogen) atoms. The third-order valence-corrected chi connectivity index (χ3v) is 3.61. The zero-order valence-electron chi connectivity index (χ0n) is 13.8. The topological polar surface area (TPSA) is 59.0 Å². The molecule has 5 nitrogen and oxygen atoms in total. The van der Waals surface area contributed by atoms with E-state index in [2.05, 4.69) is 0 Å². The van der Waals surface area contributed by atoms with Crippen molar-refractivity contribution in [2.75, 3.05) is 13.2 Å². The quantitative estimate of drug-likeness (QED) is 0.925. The summed E-state index contributed by atoms with van der Waals surface area (Å²) >= 11 is 0. The van der Waals surface area contributed by atoms with E-state index < -0.39 is 11.7 Å². The second-order valence-corrected chi connectivity index (χ2v) is 6.76. The molecule has 1 saturated heterocycles. The lowest BCUT2D eigenvalue weighted by Crippen LogP contribution is -2.41. The summed E-state index contributed by atoms with van der Waals surface area (Å²) in [6.07, 6.45) is -0.0640. The fourth-order valence-electron chi connectivity index (χ4n) is 2.51. The monoisotopic (exact) mass is 325 g/mol. The molecule has 2 rings (SSSR count). The van der Waals surface area contributed by atoms with Crippen molar-refractivity contribution in [2.24, 2.45) is 0 Å². The van der Waals surface area contributed by atoms with Crippen LogP contribution in [0.3, 0.4) is 0 Å². The van der Waals surface area contributed by atoms with Crippen LogP contribution in [0.15, 0.2) is 24.3 Å². The molecule has 0 aliphatic carbocycles. The molecule has 1 heterocycles. The smallest absolute Gasteiger partial charge is 0.410 e. The third-order valence-electron chi connectivity index (χ3n) is 3.61. The first-order valence-electron chi connectivity index (χ1n) is 7.75. The van der Waals surface area contributed by atoms with Crippen molar-refractivity contribution < 1.29 is 23.8 Å². The van der Waals surface area contributed by atoms with E-state index in [0.29, 0.717) is 19.6 Å². The van der Waals surface area contributed by atoms with Gasteiger partial charge in [0.1, 0.15) is 11.4 Å². The highest BCUT2D eigenvalue weighted by molar-refractivity contribution is 5.69. The summed E-state index contributed by atoms with van der Waals surface area (Å²) < 4.78 is 24.0. The molecular formula is C17H24FNO4. The summed E-state index contributed by atoms with van der Waals surface area (Å²) in [5, 5.41) is 9.47. The number of aliphatic hydroxyl groups excluding tert-OH is 1. The van der Waals surface area contributed by atoms with Gasteiger partial charge in [0.2, 0.25) is 0 Å². The lowest BCUT2D eigenvalue weighted by molar-refractivity contribution is 0.0120. The number of likely N-dealkylation sites (tertiary alicyclic amines) is 1. The Balaban J connectivity index is 1.90.